The van der Waals surface area contributed by atoms with Crippen molar-refractivity contribution in [3.8, 4) is 0 Å². The molecule has 1 aromatic carbocycles. The van der Waals surface area contributed by atoms with Gasteiger partial charge in [0.1, 0.15) is 0 Å². The average molecular weight is 305 g/mol. The lowest BCUT2D eigenvalue weighted by molar-refractivity contribution is -0.151. The number of hydrogen-bond donors (Lipinski definition) is 2. The van der Waals surface area contributed by atoms with Crippen LogP contribution in [0.15, 0.2) is 24.3 Å². The number of fused-ring (bicyclic) bond motifs is 2. The number of aliphatic hydroxyl groups is 2. The number of aryl methyl sites for hydroxylation is 1. The van der Waals surface area contributed by atoms with Gasteiger partial charge < -0.3 is 14.9 Å². The Morgan fingerprint density at radius 3 is 2.45 bits per heavy atom. The summed E-state index contributed by atoms with van der Waals surface area (Å²) >= 11 is 0. The monoisotopic (exact) mass is 305 g/mol. The van der Waals surface area contributed by atoms with Crippen molar-refractivity contribution in [3.05, 3.63) is 35.4 Å². The second-order valence-electron chi connectivity index (χ2n) is 6.51. The van der Waals surface area contributed by atoms with Crippen molar-refractivity contribution < 1.29 is 19.7 Å². The average Bonchev–Trinajstić information content (AvgIpc) is 2.66. The summed E-state index contributed by atoms with van der Waals surface area (Å²) in [5.41, 5.74) is 2.22. The van der Waals surface area contributed by atoms with Crippen molar-refractivity contribution in [2.75, 3.05) is 14.2 Å². The van der Waals surface area contributed by atoms with Gasteiger partial charge in [-0.1, -0.05) is 29.8 Å². The standard InChI is InChI=1S/C17H23NO4/c1-9-4-6-10(7-5-9)11-8-12-15(19)16(20)14(18(12)2)13(11)17(21)22-3/h4-7,11-16,19-20H,8H2,1-3H3/t11-,12-,13?,14+,15-,16+/m1/s1. The van der Waals surface area contributed by atoms with Crippen molar-refractivity contribution >= 4 is 5.97 Å². The Balaban J connectivity index is 2.01. The molecule has 22 heavy (non-hydrogen) atoms. The molecule has 2 saturated heterocycles. The van der Waals surface area contributed by atoms with Crippen LogP contribution in [0.25, 0.3) is 0 Å². The zero-order chi connectivity index (χ0) is 16.0. The number of methoxy groups -OCH3 is 1. The highest BCUT2D eigenvalue weighted by Crippen LogP contribution is 2.46. The third-order valence-corrected chi connectivity index (χ3v) is 5.36. The number of carbonyl (C=O) groups is 1. The van der Waals surface area contributed by atoms with Crippen LogP contribution in [-0.4, -0.2) is 59.5 Å². The van der Waals surface area contributed by atoms with Gasteiger partial charge in [-0.15, -0.1) is 0 Å². The van der Waals surface area contributed by atoms with E-state index in [2.05, 4.69) is 0 Å². The van der Waals surface area contributed by atoms with E-state index in [4.69, 9.17) is 4.74 Å². The van der Waals surface area contributed by atoms with Crippen LogP contribution in [0, 0.1) is 12.8 Å². The topological polar surface area (TPSA) is 70.0 Å². The van der Waals surface area contributed by atoms with Crippen LogP contribution in [0.3, 0.4) is 0 Å². The molecule has 2 heterocycles. The first kappa shape index (κ1) is 15.5. The molecule has 0 aromatic heterocycles. The van der Waals surface area contributed by atoms with E-state index >= 15 is 0 Å². The molecule has 0 saturated carbocycles. The van der Waals surface area contributed by atoms with E-state index in [-0.39, 0.29) is 17.9 Å². The highest BCUT2D eigenvalue weighted by Gasteiger charge is 2.58. The third-order valence-electron chi connectivity index (χ3n) is 5.36. The molecule has 6 atom stereocenters. The number of nitrogens with zero attached hydrogens (tertiary/aromatic N) is 1. The number of carbonyl (C=O) groups excluding carboxylic acids is 1. The molecule has 3 rings (SSSR count). The van der Waals surface area contributed by atoms with Gasteiger partial charge in [0.05, 0.1) is 31.3 Å². The van der Waals surface area contributed by atoms with Crippen LogP contribution in [0.5, 0.6) is 0 Å². The molecule has 0 aliphatic carbocycles. The minimum atomic E-state index is -0.922. The highest BCUT2D eigenvalue weighted by molar-refractivity contribution is 5.75. The fourth-order valence-electron chi connectivity index (χ4n) is 4.15. The van der Waals surface area contributed by atoms with Crippen LogP contribution in [0.1, 0.15) is 23.5 Å². The van der Waals surface area contributed by atoms with Crippen LogP contribution in [0.4, 0.5) is 0 Å². The number of rotatable bonds is 2. The Kier molecular flexibility index (Phi) is 3.97. The summed E-state index contributed by atoms with van der Waals surface area (Å²) in [4.78, 5) is 14.3. The van der Waals surface area contributed by atoms with Crippen LogP contribution in [0.2, 0.25) is 0 Å². The van der Waals surface area contributed by atoms with E-state index in [0.717, 1.165) is 11.1 Å². The molecule has 2 fully saturated rings. The van der Waals surface area contributed by atoms with Crippen molar-refractivity contribution in [1.29, 1.82) is 0 Å². The molecule has 1 unspecified atom stereocenters. The molecule has 2 aliphatic rings. The quantitative estimate of drug-likeness (QED) is 0.786. The lowest BCUT2D eigenvalue weighted by atomic mass is 9.76. The Bertz CT molecular complexity index is 554. The third kappa shape index (κ3) is 2.24. The van der Waals surface area contributed by atoms with Gasteiger partial charge in [0.15, 0.2) is 0 Å². The summed E-state index contributed by atoms with van der Waals surface area (Å²) in [5, 5.41) is 20.6. The number of benzene rings is 1. The number of piperidine rings is 1. The zero-order valence-corrected chi connectivity index (χ0v) is 13.1. The fraction of sp³-hybridized carbons (Fsp3) is 0.588. The number of hydrogen-bond acceptors (Lipinski definition) is 5. The van der Waals surface area contributed by atoms with Gasteiger partial charge >= 0.3 is 5.97 Å². The van der Waals surface area contributed by atoms with Gasteiger partial charge in [-0.2, -0.15) is 0 Å². The van der Waals surface area contributed by atoms with Gasteiger partial charge in [0, 0.05) is 12.0 Å². The van der Waals surface area contributed by atoms with Gasteiger partial charge in [0.25, 0.3) is 0 Å². The predicted octanol–water partition coefficient (Wildman–Crippen LogP) is 0.676. The minimum Gasteiger partial charge on any atom is -0.469 e. The maximum atomic E-state index is 12.4. The van der Waals surface area contributed by atoms with E-state index in [1.807, 2.05) is 43.1 Å². The second-order valence-corrected chi connectivity index (χ2v) is 6.51. The van der Waals surface area contributed by atoms with E-state index in [0.29, 0.717) is 6.42 Å². The minimum absolute atomic E-state index is 0.0500. The Labute approximate surface area is 130 Å². The molecular weight excluding hydrogens is 282 g/mol. The molecule has 120 valence electrons. The van der Waals surface area contributed by atoms with Crippen molar-refractivity contribution in [2.45, 2.75) is 43.6 Å². The van der Waals surface area contributed by atoms with E-state index in [1.54, 1.807) is 0 Å². The molecule has 5 nitrogen and oxygen atoms in total. The summed E-state index contributed by atoms with van der Waals surface area (Å²) in [6.07, 6.45) is -1.11. The zero-order valence-electron chi connectivity index (χ0n) is 13.1. The lowest BCUT2D eigenvalue weighted by Gasteiger charge is -2.41. The smallest absolute Gasteiger partial charge is 0.310 e. The molecule has 0 amide bonds. The molecule has 5 heteroatoms. The van der Waals surface area contributed by atoms with Crippen LogP contribution < -0.4 is 0 Å². The van der Waals surface area contributed by atoms with Gasteiger partial charge in [0.2, 0.25) is 0 Å². The molecule has 2 aliphatic heterocycles. The number of ether oxygens (including phenoxy) is 1. The Morgan fingerprint density at radius 2 is 1.86 bits per heavy atom. The first-order valence-electron chi connectivity index (χ1n) is 7.68. The van der Waals surface area contributed by atoms with Gasteiger partial charge in [-0.25, -0.2) is 0 Å². The maximum Gasteiger partial charge on any atom is 0.310 e. The molecule has 2 N–H and O–H groups in total. The molecular formula is C17H23NO4. The molecule has 2 bridgehead atoms. The summed E-state index contributed by atoms with van der Waals surface area (Å²) in [7, 11) is 3.23. The highest BCUT2D eigenvalue weighted by atomic mass is 16.5. The largest absolute Gasteiger partial charge is 0.469 e. The lowest BCUT2D eigenvalue weighted by Crippen LogP contribution is -2.51. The normalized spacial score (nSPS) is 38.0. The number of likely N-dealkylation sites (N-methyl/N-ethyl adjacent to an activating group) is 1. The van der Waals surface area contributed by atoms with Crippen LogP contribution >= 0.6 is 0 Å². The Morgan fingerprint density at radius 1 is 1.23 bits per heavy atom. The molecule has 1 aromatic rings. The second kappa shape index (κ2) is 5.65. The molecule has 0 radical (unpaired) electrons. The van der Waals surface area contributed by atoms with Crippen LogP contribution in [-0.2, 0) is 9.53 Å². The first-order valence-corrected chi connectivity index (χ1v) is 7.68. The summed E-state index contributed by atoms with van der Waals surface area (Å²) < 4.78 is 4.99. The van der Waals surface area contributed by atoms with Crippen molar-refractivity contribution in [2.24, 2.45) is 5.92 Å². The SMILES string of the molecule is COC(=O)C1[C@@H](c2ccc(C)cc2)C[C@@H]2[C@@H](O)[C@@H](O)[C@H]1N2C. The number of aliphatic hydroxyl groups excluding tert-OH is 2. The van der Waals surface area contributed by atoms with Crippen molar-refractivity contribution in [1.82, 2.24) is 4.90 Å². The first-order chi connectivity index (χ1) is 10.5. The van der Waals surface area contributed by atoms with Gasteiger partial charge in [-0.05, 0) is 26.0 Å². The number of esters is 1. The van der Waals surface area contributed by atoms with Gasteiger partial charge in [-0.3, -0.25) is 9.69 Å². The molecule has 0 spiro atoms. The van der Waals surface area contributed by atoms with E-state index < -0.39 is 24.2 Å². The maximum absolute atomic E-state index is 12.4. The summed E-state index contributed by atoms with van der Waals surface area (Å²) in [6.45, 7) is 2.02. The van der Waals surface area contributed by atoms with Crippen molar-refractivity contribution in [3.63, 3.8) is 0 Å². The summed E-state index contributed by atoms with van der Waals surface area (Å²) in [6, 6.07) is 7.56. The fourth-order valence-corrected chi connectivity index (χ4v) is 4.15. The van der Waals surface area contributed by atoms with E-state index in [9.17, 15) is 15.0 Å². The predicted molar refractivity (Wildman–Crippen MR) is 81.4 cm³/mol. The van der Waals surface area contributed by atoms with E-state index in [1.165, 1.54) is 7.11 Å². The Hall–Kier alpha value is -1.43. The summed E-state index contributed by atoms with van der Waals surface area (Å²) in [5.74, 6) is -0.846.